The highest BCUT2D eigenvalue weighted by Crippen LogP contribution is 2.44. The zero-order valence-electron chi connectivity index (χ0n) is 55.0. The van der Waals surface area contributed by atoms with E-state index in [2.05, 4.69) is 25.6 Å². The Morgan fingerprint density at radius 3 is 1.43 bits per heavy atom. The Hall–Kier alpha value is -10.8. The fourth-order valence-corrected chi connectivity index (χ4v) is 13.2. The quantitative estimate of drug-likeness (QED) is 0.0562. The lowest BCUT2D eigenvalue weighted by Crippen LogP contribution is -2.41. The van der Waals surface area contributed by atoms with Gasteiger partial charge < -0.3 is 40.2 Å². The lowest BCUT2D eigenvalue weighted by Gasteiger charge is -2.32. The number of nitrogen functional groups attached to an aromatic ring is 2. The number of fused-ring (bicyclic) bond motifs is 12. The van der Waals surface area contributed by atoms with Crippen LogP contribution in [0.25, 0.3) is 111 Å². The third-order valence-electron chi connectivity index (χ3n) is 17.9. The van der Waals surface area contributed by atoms with Crippen LogP contribution in [0.2, 0.25) is 5.15 Å². The van der Waals surface area contributed by atoms with E-state index in [0.29, 0.717) is 104 Å². The molecule has 0 atom stereocenters. The molecule has 1 fully saturated rings. The molecule has 2 amide bonds. The first-order chi connectivity index (χ1) is 47.3. The number of aromatic nitrogens is 6. The number of sulfonamides is 2. The Morgan fingerprint density at radius 1 is 0.540 bits per heavy atom. The summed E-state index contributed by atoms with van der Waals surface area (Å²) in [5, 5.41) is 7.24. The molecule has 0 unspecified atom stereocenters. The van der Waals surface area contributed by atoms with Crippen LogP contribution < -0.4 is 36.2 Å². The number of carbonyl (C=O) groups is 2. The molecule has 15 rings (SSSR count). The third kappa shape index (κ3) is 11.8. The van der Waals surface area contributed by atoms with Crippen molar-refractivity contribution < 1.29 is 62.1 Å². The molecule has 1 saturated heterocycles. The van der Waals surface area contributed by atoms with E-state index in [0.717, 1.165) is 21.1 Å². The van der Waals surface area contributed by atoms with E-state index in [1.54, 1.807) is 87.7 Å². The van der Waals surface area contributed by atoms with Gasteiger partial charge in [0, 0.05) is 84.0 Å². The van der Waals surface area contributed by atoms with Crippen LogP contribution in [0.5, 0.6) is 0 Å². The third-order valence-corrected chi connectivity index (χ3v) is 20.5. The number of nitrogens with one attached hydrogen (secondary N) is 2. The molecular weight excluding hydrogens is 1360 g/mol. The van der Waals surface area contributed by atoms with Crippen LogP contribution in [0.15, 0.2) is 154 Å². The van der Waals surface area contributed by atoms with Gasteiger partial charge in [-0.1, -0.05) is 23.7 Å². The number of carbonyl (C=O) groups excluding carboxylic acids is 2. The molecule has 1 aliphatic rings. The van der Waals surface area contributed by atoms with Gasteiger partial charge >= 0.3 is 7.12 Å². The summed E-state index contributed by atoms with van der Waals surface area (Å²) in [5.41, 5.74) is 18.9. The second-order valence-corrected chi connectivity index (χ2v) is 29.1. The summed E-state index contributed by atoms with van der Waals surface area (Å²) < 4.78 is 137. The summed E-state index contributed by atoms with van der Waals surface area (Å²) in [7, 11) is -2.53. The van der Waals surface area contributed by atoms with Gasteiger partial charge in [-0.2, -0.15) is 0 Å². The largest absolute Gasteiger partial charge is 0.497 e. The molecule has 100 heavy (non-hydrogen) atoms. The summed E-state index contributed by atoms with van der Waals surface area (Å²) >= 11 is 5.94. The Bertz CT molecular complexity index is 5980. The second-order valence-electron chi connectivity index (χ2n) is 24.7. The number of nitrogens with two attached hydrogens (primary N) is 2. The normalized spacial score (nSPS) is 13.7. The number of rotatable bonds is 10. The summed E-state index contributed by atoms with van der Waals surface area (Å²) in [6.07, 6.45) is 2.15. The number of hydrogen-bond donors (Lipinski definition) is 4. The number of benzene rings is 6. The Balaban J connectivity index is 0.000000144. The molecule has 0 saturated carbocycles. The van der Waals surface area contributed by atoms with Crippen LogP contribution in [0, 0.1) is 23.3 Å². The van der Waals surface area contributed by atoms with Gasteiger partial charge in [-0.05, 0) is 149 Å². The lowest BCUT2D eigenvalue weighted by atomic mass is 9.77. The molecule has 6 aromatic carbocycles. The van der Waals surface area contributed by atoms with Crippen molar-refractivity contribution in [2.24, 2.45) is 0 Å². The summed E-state index contributed by atoms with van der Waals surface area (Å²) in [6.45, 7) is 7.58. The first kappa shape index (κ1) is 67.7. The van der Waals surface area contributed by atoms with E-state index in [1.165, 1.54) is 94.9 Å². The molecule has 0 radical (unpaired) electrons. The van der Waals surface area contributed by atoms with Crippen LogP contribution in [0.3, 0.4) is 0 Å². The standard InChI is InChI=1S/C32H24F2N6O4S.C24H28BFN2O6S.C14H8ClFN4/c1-36-31(41)28-20-13-19(25(39(2)45(3,42)43)15-27(20)44-30(28)16-7-9-17(33)10-8-16)22-11-12-23-29(37-22)26-14-18-21(34)5-4-6-24(18)40(26)32(35)38-23;1-23(2)24(3,4)34-25(33-23)17-12-16-19(13-18(17)28(6)35(7,30)31)32-21(20(16)22(29)27-5)14-8-10-15(26)11-9-14;15-12-5-4-9-13(19-12)11-6-7-8(16)2-1-3-10(7)20(11)14(17)18-9/h4-15H,1-3H3,(H2,35,38)(H,36,41);8-13H,1-7H3,(H,27,29);1-6H,(H2,17,18). The van der Waals surface area contributed by atoms with E-state index in [-0.39, 0.29) is 57.2 Å². The van der Waals surface area contributed by atoms with Gasteiger partial charge in [-0.15, -0.1) is 0 Å². The van der Waals surface area contributed by atoms with Crippen molar-refractivity contribution in [3.8, 4) is 33.9 Å². The molecule has 0 bridgehead atoms. The van der Waals surface area contributed by atoms with E-state index in [9.17, 15) is 44.0 Å². The number of halogens is 5. The Labute approximate surface area is 573 Å². The molecule has 22 nitrogen and oxygen atoms in total. The fraction of sp³-hybridized carbons (Fsp3) is 0.171. The topological polar surface area (TPSA) is 290 Å². The maximum absolute atomic E-state index is 14.8. The molecule has 8 aromatic heterocycles. The SMILES string of the molecule is CNC(=O)c1c(-c2ccc(F)cc2)oc2cc(N(C)S(C)(=O)=O)c(-c3ccc4nc(N)n5c6cccc(F)c6cc5c4n3)cc12.CNC(=O)c1c(-c2ccc(F)cc2)oc2cc(N(C)S(C)(=O)=O)c(B3OC(C)(C)C(C)(C)O3)cc12.Nc1nc2ccc(Cl)nc2c2cc3c(F)cccc3n12. The average molecular weight is 1420 g/mol. The van der Waals surface area contributed by atoms with E-state index >= 15 is 0 Å². The molecule has 14 aromatic rings. The Kier molecular flexibility index (Phi) is 16.8. The van der Waals surface area contributed by atoms with Crippen molar-refractivity contribution in [2.75, 3.05) is 60.8 Å². The summed E-state index contributed by atoms with van der Waals surface area (Å²) in [5.74, 6) is -1.63. The Morgan fingerprint density at radius 2 is 0.970 bits per heavy atom. The summed E-state index contributed by atoms with van der Waals surface area (Å²) in [6, 6.07) is 37.0. The zero-order chi connectivity index (χ0) is 71.6. The first-order valence-corrected chi connectivity index (χ1v) is 34.7. The lowest BCUT2D eigenvalue weighted by molar-refractivity contribution is 0.00578. The zero-order valence-corrected chi connectivity index (χ0v) is 57.3. The minimum atomic E-state index is -3.77. The van der Waals surface area contributed by atoms with Gasteiger partial charge in [0.15, 0.2) is 0 Å². The van der Waals surface area contributed by atoms with E-state index < -0.39 is 67.6 Å². The van der Waals surface area contributed by atoms with Crippen LogP contribution in [-0.4, -0.2) is 116 Å². The van der Waals surface area contributed by atoms with Gasteiger partial charge in [0.25, 0.3) is 11.8 Å². The minimum absolute atomic E-state index is 0.147. The van der Waals surface area contributed by atoms with Crippen LogP contribution in [0.1, 0.15) is 48.4 Å². The van der Waals surface area contributed by atoms with Gasteiger partial charge in [-0.3, -0.25) is 27.0 Å². The van der Waals surface area contributed by atoms with Crippen LogP contribution in [0.4, 0.5) is 40.8 Å². The highest BCUT2D eigenvalue weighted by Gasteiger charge is 2.53. The maximum Gasteiger partial charge on any atom is 0.497 e. The average Bonchev–Trinajstić information content (AvgIpc) is 1.22. The van der Waals surface area contributed by atoms with Crippen molar-refractivity contribution in [2.45, 2.75) is 38.9 Å². The van der Waals surface area contributed by atoms with Gasteiger partial charge in [0.05, 0.1) is 85.0 Å². The van der Waals surface area contributed by atoms with Crippen molar-refractivity contribution in [3.63, 3.8) is 0 Å². The smallest absolute Gasteiger partial charge is 0.455 e. The fourth-order valence-electron chi connectivity index (χ4n) is 12.0. The van der Waals surface area contributed by atoms with Crippen molar-refractivity contribution >= 4 is 156 Å². The number of nitrogens with zero attached hydrogens (tertiary/aromatic N) is 8. The predicted molar refractivity (Wildman–Crippen MR) is 381 cm³/mol. The number of hydrogen-bond acceptors (Lipinski definition) is 16. The molecule has 9 heterocycles. The number of amides is 2. The molecule has 0 aliphatic carbocycles. The highest BCUT2D eigenvalue weighted by molar-refractivity contribution is 7.92. The molecule has 30 heteroatoms. The molecule has 6 N–H and O–H groups in total. The molecular formula is C70H60BClF4N12O10S2. The van der Waals surface area contributed by atoms with E-state index in [1.807, 2.05) is 27.7 Å². The first-order valence-electron chi connectivity index (χ1n) is 30.7. The second kappa shape index (κ2) is 24.8. The molecule has 1 aliphatic heterocycles. The van der Waals surface area contributed by atoms with Gasteiger partial charge in [0.2, 0.25) is 31.9 Å². The number of furan rings is 2. The maximum atomic E-state index is 14.8. The molecule has 510 valence electrons. The molecule has 0 spiro atoms. The number of anilines is 4. The van der Waals surface area contributed by atoms with Crippen molar-refractivity contribution in [1.29, 1.82) is 0 Å². The van der Waals surface area contributed by atoms with Crippen molar-refractivity contribution in [3.05, 3.63) is 185 Å². The predicted octanol–water partition coefficient (Wildman–Crippen LogP) is 12.4. The van der Waals surface area contributed by atoms with Gasteiger partial charge in [0.1, 0.15) is 62.1 Å². The van der Waals surface area contributed by atoms with Crippen LogP contribution in [-0.2, 0) is 29.4 Å². The number of pyridine rings is 2. The van der Waals surface area contributed by atoms with Crippen LogP contribution >= 0.6 is 11.6 Å². The monoisotopic (exact) mass is 1410 g/mol. The highest BCUT2D eigenvalue weighted by atomic mass is 35.5. The minimum Gasteiger partial charge on any atom is -0.455 e. The summed E-state index contributed by atoms with van der Waals surface area (Å²) in [4.78, 5) is 44.1. The van der Waals surface area contributed by atoms with E-state index in [4.69, 9.17) is 46.2 Å². The van der Waals surface area contributed by atoms with Gasteiger partial charge in [-0.25, -0.2) is 54.3 Å². The van der Waals surface area contributed by atoms with Crippen molar-refractivity contribution in [1.82, 2.24) is 39.4 Å².